The van der Waals surface area contributed by atoms with Crippen molar-refractivity contribution >= 4 is 17.9 Å². The average Bonchev–Trinajstić information content (AvgIpc) is 2.95. The van der Waals surface area contributed by atoms with Crippen LogP contribution in [0.5, 0.6) is 0 Å². The number of esters is 3. The first-order valence-electron chi connectivity index (χ1n) is 11.6. The maximum atomic E-state index is 13.0. The third kappa shape index (κ3) is 6.39. The number of rotatable bonds is 8. The van der Waals surface area contributed by atoms with E-state index in [1.807, 2.05) is 18.2 Å². The van der Waals surface area contributed by atoms with Crippen molar-refractivity contribution in [2.75, 3.05) is 7.11 Å². The van der Waals surface area contributed by atoms with Gasteiger partial charge in [0, 0.05) is 0 Å². The van der Waals surface area contributed by atoms with Gasteiger partial charge < -0.3 is 28.8 Å². The molecule has 0 radical (unpaired) electrons. The number of aliphatic hydroxyl groups excluding tert-OH is 1. The second kappa shape index (κ2) is 12.3. The van der Waals surface area contributed by atoms with Crippen LogP contribution >= 0.6 is 0 Å². The Bertz CT molecular complexity index is 1180. The quantitative estimate of drug-likeness (QED) is 0.363. The standard InChI is InChI=1S/C28H26O9/c1-33-27(32)23-21(29)22(34-17-18-11-5-2-6-12-18)24(35-25(30)19-13-7-3-8-14-19)28(36-23)37-26(31)20-15-9-4-10-16-20/h2-16,21-24,28-29H,17H2,1H3/t21-,22-,23+,24+,28+/m0/s1. The molecule has 1 aliphatic rings. The number of carbonyl (C=O) groups excluding carboxylic acids is 3. The summed E-state index contributed by atoms with van der Waals surface area (Å²) in [5, 5.41) is 11.0. The van der Waals surface area contributed by atoms with E-state index in [0.29, 0.717) is 0 Å². The monoisotopic (exact) mass is 506 g/mol. The predicted octanol–water partition coefficient (Wildman–Crippen LogP) is 2.91. The molecule has 1 N–H and O–H groups in total. The van der Waals surface area contributed by atoms with Crippen molar-refractivity contribution in [3.05, 3.63) is 108 Å². The molecule has 0 amide bonds. The SMILES string of the molecule is COC(=O)[C@@H]1O[C@H](OC(=O)c2ccccc2)[C@H](OC(=O)c2ccccc2)[C@@H](OCc2ccccc2)[C@@H]1O. The fourth-order valence-electron chi connectivity index (χ4n) is 3.83. The number of ether oxygens (including phenoxy) is 5. The second-order valence-electron chi connectivity index (χ2n) is 8.21. The lowest BCUT2D eigenvalue weighted by atomic mass is 9.98. The van der Waals surface area contributed by atoms with E-state index >= 15 is 0 Å². The van der Waals surface area contributed by atoms with Gasteiger partial charge in [0.1, 0.15) is 12.2 Å². The van der Waals surface area contributed by atoms with Crippen LogP contribution < -0.4 is 0 Å². The molecule has 1 saturated heterocycles. The Morgan fingerprint density at radius 1 is 0.757 bits per heavy atom. The van der Waals surface area contributed by atoms with Crippen LogP contribution in [0.1, 0.15) is 26.3 Å². The van der Waals surface area contributed by atoms with Crippen molar-refractivity contribution in [2.24, 2.45) is 0 Å². The molecule has 1 fully saturated rings. The Hall–Kier alpha value is -4.05. The van der Waals surface area contributed by atoms with Gasteiger partial charge in [-0.1, -0.05) is 66.7 Å². The molecule has 9 heteroatoms. The average molecular weight is 507 g/mol. The first-order chi connectivity index (χ1) is 18.0. The van der Waals surface area contributed by atoms with Gasteiger partial charge >= 0.3 is 17.9 Å². The molecule has 1 aliphatic heterocycles. The smallest absolute Gasteiger partial charge is 0.340 e. The highest BCUT2D eigenvalue weighted by atomic mass is 16.7. The van der Waals surface area contributed by atoms with Crippen LogP contribution in [0.25, 0.3) is 0 Å². The first-order valence-corrected chi connectivity index (χ1v) is 11.6. The van der Waals surface area contributed by atoms with Crippen molar-refractivity contribution in [1.82, 2.24) is 0 Å². The molecular formula is C28H26O9. The molecule has 3 aromatic rings. The van der Waals surface area contributed by atoms with Crippen LogP contribution in [0.4, 0.5) is 0 Å². The summed E-state index contributed by atoms with van der Waals surface area (Å²) >= 11 is 0. The van der Waals surface area contributed by atoms with Crippen molar-refractivity contribution < 1.29 is 43.2 Å². The lowest BCUT2D eigenvalue weighted by molar-refractivity contribution is -0.287. The number of carbonyl (C=O) groups is 3. The molecule has 0 bridgehead atoms. The maximum absolute atomic E-state index is 13.0. The van der Waals surface area contributed by atoms with Crippen molar-refractivity contribution in [2.45, 2.75) is 37.3 Å². The van der Waals surface area contributed by atoms with E-state index in [1.165, 1.54) is 12.1 Å². The zero-order valence-corrected chi connectivity index (χ0v) is 20.0. The highest BCUT2D eigenvalue weighted by Gasteiger charge is 2.53. The molecular weight excluding hydrogens is 480 g/mol. The van der Waals surface area contributed by atoms with Gasteiger partial charge in [-0.25, -0.2) is 14.4 Å². The minimum atomic E-state index is -1.60. The van der Waals surface area contributed by atoms with Gasteiger partial charge in [0.25, 0.3) is 0 Å². The van der Waals surface area contributed by atoms with Gasteiger partial charge in [-0.05, 0) is 29.8 Å². The summed E-state index contributed by atoms with van der Waals surface area (Å²) < 4.78 is 27.6. The normalized spacial score (nSPS) is 23.0. The van der Waals surface area contributed by atoms with E-state index in [0.717, 1.165) is 12.7 Å². The fourth-order valence-corrected chi connectivity index (χ4v) is 3.83. The number of aliphatic hydroxyl groups is 1. The summed E-state index contributed by atoms with van der Waals surface area (Å²) in [7, 11) is 1.13. The van der Waals surface area contributed by atoms with Crippen LogP contribution in [-0.2, 0) is 35.1 Å². The summed E-state index contributed by atoms with van der Waals surface area (Å²) in [5.74, 6) is -2.45. The second-order valence-corrected chi connectivity index (χ2v) is 8.21. The minimum Gasteiger partial charge on any atom is -0.467 e. The molecule has 5 atom stereocenters. The van der Waals surface area contributed by atoms with Crippen molar-refractivity contribution in [3.63, 3.8) is 0 Å². The van der Waals surface area contributed by atoms with Crippen LogP contribution in [0.3, 0.4) is 0 Å². The zero-order chi connectivity index (χ0) is 26.2. The fraction of sp³-hybridized carbons (Fsp3) is 0.250. The van der Waals surface area contributed by atoms with Crippen LogP contribution in [-0.4, -0.2) is 60.8 Å². The van der Waals surface area contributed by atoms with E-state index < -0.39 is 48.6 Å². The Labute approximate surface area is 213 Å². The van der Waals surface area contributed by atoms with Gasteiger partial charge in [0.05, 0.1) is 24.8 Å². The van der Waals surface area contributed by atoms with E-state index in [-0.39, 0.29) is 17.7 Å². The predicted molar refractivity (Wildman–Crippen MR) is 129 cm³/mol. The summed E-state index contributed by atoms with van der Waals surface area (Å²) in [6.07, 6.45) is -7.48. The van der Waals surface area contributed by atoms with E-state index in [2.05, 4.69) is 0 Å². The van der Waals surface area contributed by atoms with E-state index in [1.54, 1.807) is 60.7 Å². The lowest BCUT2D eigenvalue weighted by Crippen LogP contribution is -2.62. The number of benzene rings is 3. The van der Waals surface area contributed by atoms with Crippen LogP contribution in [0.2, 0.25) is 0 Å². The van der Waals surface area contributed by atoms with Crippen molar-refractivity contribution in [1.29, 1.82) is 0 Å². The number of methoxy groups -OCH3 is 1. The summed E-state index contributed by atoms with van der Waals surface area (Å²) in [4.78, 5) is 38.3. The summed E-state index contributed by atoms with van der Waals surface area (Å²) in [6, 6.07) is 25.3. The van der Waals surface area contributed by atoms with Gasteiger partial charge in [0.15, 0.2) is 12.2 Å². The summed E-state index contributed by atoms with van der Waals surface area (Å²) in [5.41, 5.74) is 1.20. The van der Waals surface area contributed by atoms with E-state index in [4.69, 9.17) is 23.7 Å². The molecule has 192 valence electrons. The van der Waals surface area contributed by atoms with Gasteiger partial charge in [-0.15, -0.1) is 0 Å². The number of hydrogen-bond acceptors (Lipinski definition) is 9. The molecule has 1 heterocycles. The van der Waals surface area contributed by atoms with Crippen LogP contribution in [0, 0.1) is 0 Å². The Balaban J connectivity index is 1.66. The largest absolute Gasteiger partial charge is 0.467 e. The van der Waals surface area contributed by atoms with Gasteiger partial charge in [-0.2, -0.15) is 0 Å². The molecule has 0 aliphatic carbocycles. The molecule has 0 aromatic heterocycles. The summed E-state index contributed by atoms with van der Waals surface area (Å²) in [6.45, 7) is 0.00913. The third-order valence-electron chi connectivity index (χ3n) is 5.72. The van der Waals surface area contributed by atoms with Gasteiger partial charge in [-0.3, -0.25) is 0 Å². The number of hydrogen-bond donors (Lipinski definition) is 1. The topological polar surface area (TPSA) is 118 Å². The molecule has 3 aromatic carbocycles. The Morgan fingerprint density at radius 3 is 1.81 bits per heavy atom. The Kier molecular flexibility index (Phi) is 8.63. The molecule has 0 unspecified atom stereocenters. The minimum absolute atomic E-state index is 0.00913. The zero-order valence-electron chi connectivity index (χ0n) is 20.0. The first kappa shape index (κ1) is 26.0. The van der Waals surface area contributed by atoms with Crippen molar-refractivity contribution in [3.8, 4) is 0 Å². The third-order valence-corrected chi connectivity index (χ3v) is 5.72. The highest BCUT2D eigenvalue weighted by Crippen LogP contribution is 2.30. The molecule has 37 heavy (non-hydrogen) atoms. The molecule has 0 spiro atoms. The van der Waals surface area contributed by atoms with Crippen LogP contribution in [0.15, 0.2) is 91.0 Å². The molecule has 9 nitrogen and oxygen atoms in total. The van der Waals surface area contributed by atoms with Gasteiger partial charge in [0.2, 0.25) is 6.29 Å². The maximum Gasteiger partial charge on any atom is 0.340 e. The van der Waals surface area contributed by atoms with E-state index in [9.17, 15) is 19.5 Å². The Morgan fingerprint density at radius 2 is 1.27 bits per heavy atom. The molecule has 4 rings (SSSR count). The highest BCUT2D eigenvalue weighted by molar-refractivity contribution is 5.90. The lowest BCUT2D eigenvalue weighted by Gasteiger charge is -2.42. The molecule has 0 saturated carbocycles.